The fourth-order valence-corrected chi connectivity index (χ4v) is 1.18. The summed E-state index contributed by atoms with van der Waals surface area (Å²) in [5.74, 6) is 0. The molecule has 0 aromatic carbocycles. The van der Waals surface area contributed by atoms with Gasteiger partial charge in [-0.2, -0.15) is 0 Å². The zero-order valence-electron chi connectivity index (χ0n) is 11.2. The maximum absolute atomic E-state index is 2.33. The van der Waals surface area contributed by atoms with Crippen LogP contribution < -0.4 is 0 Å². The second-order valence-corrected chi connectivity index (χ2v) is 6.07. The van der Waals surface area contributed by atoms with Crippen molar-refractivity contribution in [1.82, 2.24) is 0 Å². The van der Waals surface area contributed by atoms with Gasteiger partial charge in [0.1, 0.15) is 0 Å². The number of allylic oxidation sites excluding steroid dienone is 4. The molecule has 0 amide bonds. The molecule has 0 aliphatic heterocycles. The Morgan fingerprint density at radius 1 is 0.857 bits per heavy atom. The van der Waals surface area contributed by atoms with E-state index in [2.05, 4.69) is 67.5 Å². The molecule has 82 valence electrons. The van der Waals surface area contributed by atoms with Crippen molar-refractivity contribution in [3.63, 3.8) is 0 Å². The first-order chi connectivity index (χ1) is 6.09. The zero-order chi connectivity index (χ0) is 11.6. The van der Waals surface area contributed by atoms with Crippen LogP contribution in [-0.4, -0.2) is 0 Å². The average molecular weight is 194 g/mol. The van der Waals surface area contributed by atoms with Crippen molar-refractivity contribution in [1.29, 1.82) is 0 Å². The van der Waals surface area contributed by atoms with E-state index in [4.69, 9.17) is 0 Å². The van der Waals surface area contributed by atoms with Crippen LogP contribution in [0.25, 0.3) is 0 Å². The van der Waals surface area contributed by atoms with E-state index >= 15 is 0 Å². The Hall–Kier alpha value is -0.520. The minimum atomic E-state index is 0.251. The molecule has 0 rings (SSSR count). The van der Waals surface area contributed by atoms with Crippen LogP contribution in [0.1, 0.15) is 55.4 Å². The minimum absolute atomic E-state index is 0.251. The number of hydrogen-bond acceptors (Lipinski definition) is 0. The van der Waals surface area contributed by atoms with Gasteiger partial charge in [0.2, 0.25) is 0 Å². The molecule has 0 aromatic rings. The van der Waals surface area contributed by atoms with Gasteiger partial charge in [-0.05, 0) is 30.3 Å². The van der Waals surface area contributed by atoms with Gasteiger partial charge in [-0.15, -0.1) is 0 Å². The molecule has 0 aliphatic carbocycles. The lowest BCUT2D eigenvalue weighted by Gasteiger charge is -2.25. The van der Waals surface area contributed by atoms with E-state index in [9.17, 15) is 0 Å². The predicted molar refractivity (Wildman–Crippen MR) is 66.4 cm³/mol. The summed E-state index contributed by atoms with van der Waals surface area (Å²) < 4.78 is 0. The summed E-state index contributed by atoms with van der Waals surface area (Å²) in [7, 11) is 0. The maximum atomic E-state index is 2.33. The molecule has 0 atom stereocenters. The molecule has 0 aliphatic rings. The average Bonchev–Trinajstić information content (AvgIpc) is 1.95. The second-order valence-electron chi connectivity index (χ2n) is 6.07. The summed E-state index contributed by atoms with van der Waals surface area (Å²) in [6.45, 7) is 17.9. The van der Waals surface area contributed by atoms with Gasteiger partial charge in [-0.1, -0.05) is 59.3 Å². The van der Waals surface area contributed by atoms with Gasteiger partial charge >= 0.3 is 0 Å². The summed E-state index contributed by atoms with van der Waals surface area (Å²) >= 11 is 0. The van der Waals surface area contributed by atoms with E-state index in [1.807, 2.05) is 0 Å². The molecule has 0 bridgehead atoms. The molecule has 0 fully saturated rings. The standard InChI is InChI=1S/C14H26/c1-9-12(14(6,7)8)10-11(2)13(3,4)5/h9-10H,1-8H3/b11-10+,12-9+. The van der Waals surface area contributed by atoms with Crippen molar-refractivity contribution in [2.24, 2.45) is 10.8 Å². The third kappa shape index (κ3) is 4.13. The third-order valence-corrected chi connectivity index (χ3v) is 2.73. The molecule has 0 aromatic heterocycles. The number of rotatable bonds is 1. The van der Waals surface area contributed by atoms with Crippen LogP contribution >= 0.6 is 0 Å². The first kappa shape index (κ1) is 13.5. The van der Waals surface area contributed by atoms with Gasteiger partial charge in [0.05, 0.1) is 0 Å². The normalized spacial score (nSPS) is 16.0. The highest BCUT2D eigenvalue weighted by Crippen LogP contribution is 2.31. The van der Waals surface area contributed by atoms with Gasteiger partial charge in [-0.25, -0.2) is 0 Å². The van der Waals surface area contributed by atoms with E-state index in [1.165, 1.54) is 11.1 Å². The van der Waals surface area contributed by atoms with Crippen LogP contribution in [0.5, 0.6) is 0 Å². The fraction of sp³-hybridized carbons (Fsp3) is 0.714. The Bertz CT molecular complexity index is 238. The highest BCUT2D eigenvalue weighted by Gasteiger charge is 2.17. The lowest BCUT2D eigenvalue weighted by atomic mass is 9.80. The maximum Gasteiger partial charge on any atom is -0.0135 e. The topological polar surface area (TPSA) is 0 Å². The van der Waals surface area contributed by atoms with Crippen LogP contribution in [0.15, 0.2) is 23.3 Å². The molecule has 0 radical (unpaired) electrons. The van der Waals surface area contributed by atoms with Gasteiger partial charge < -0.3 is 0 Å². The molecule has 0 heteroatoms. The quantitative estimate of drug-likeness (QED) is 0.517. The Kier molecular flexibility index (Phi) is 4.17. The van der Waals surface area contributed by atoms with Crippen molar-refractivity contribution in [2.75, 3.05) is 0 Å². The van der Waals surface area contributed by atoms with Crippen molar-refractivity contribution < 1.29 is 0 Å². The van der Waals surface area contributed by atoms with E-state index in [1.54, 1.807) is 0 Å². The van der Waals surface area contributed by atoms with E-state index < -0.39 is 0 Å². The first-order valence-electron chi connectivity index (χ1n) is 5.44. The van der Waals surface area contributed by atoms with Crippen LogP contribution in [0.4, 0.5) is 0 Å². The lowest BCUT2D eigenvalue weighted by molar-refractivity contribution is 0.489. The summed E-state index contributed by atoms with van der Waals surface area (Å²) in [6, 6.07) is 0. The lowest BCUT2D eigenvalue weighted by Crippen LogP contribution is -2.11. The molecule has 0 heterocycles. The van der Waals surface area contributed by atoms with Gasteiger partial charge in [-0.3, -0.25) is 0 Å². The molecule has 0 nitrogen and oxygen atoms in total. The van der Waals surface area contributed by atoms with Crippen molar-refractivity contribution in [3.05, 3.63) is 23.3 Å². The molecular formula is C14H26. The van der Waals surface area contributed by atoms with Gasteiger partial charge in [0.25, 0.3) is 0 Å². The Morgan fingerprint density at radius 3 is 1.50 bits per heavy atom. The van der Waals surface area contributed by atoms with Crippen LogP contribution in [0, 0.1) is 10.8 Å². The molecule has 0 saturated carbocycles. The smallest absolute Gasteiger partial charge is 0.0135 e. The Morgan fingerprint density at radius 2 is 1.29 bits per heavy atom. The summed E-state index contributed by atoms with van der Waals surface area (Å²) in [5.41, 5.74) is 3.39. The van der Waals surface area contributed by atoms with E-state index in [-0.39, 0.29) is 10.8 Å². The van der Waals surface area contributed by atoms with E-state index in [0.29, 0.717) is 0 Å². The molecule has 0 N–H and O–H groups in total. The van der Waals surface area contributed by atoms with Crippen molar-refractivity contribution >= 4 is 0 Å². The Balaban J connectivity index is 4.99. The van der Waals surface area contributed by atoms with Gasteiger partial charge in [0.15, 0.2) is 0 Å². The van der Waals surface area contributed by atoms with Crippen LogP contribution in [0.2, 0.25) is 0 Å². The monoisotopic (exact) mass is 194 g/mol. The highest BCUT2D eigenvalue weighted by atomic mass is 14.2. The molecule has 0 saturated heterocycles. The number of hydrogen-bond donors (Lipinski definition) is 0. The molecule has 0 spiro atoms. The molecular weight excluding hydrogens is 168 g/mol. The summed E-state index contributed by atoms with van der Waals surface area (Å²) in [4.78, 5) is 0. The first-order valence-corrected chi connectivity index (χ1v) is 5.44. The minimum Gasteiger partial charge on any atom is -0.0839 e. The summed E-state index contributed by atoms with van der Waals surface area (Å²) in [6.07, 6.45) is 4.55. The third-order valence-electron chi connectivity index (χ3n) is 2.73. The molecule has 14 heavy (non-hydrogen) atoms. The Labute approximate surface area is 90.1 Å². The van der Waals surface area contributed by atoms with Crippen molar-refractivity contribution in [3.8, 4) is 0 Å². The fourth-order valence-electron chi connectivity index (χ4n) is 1.18. The SMILES string of the molecule is C/C=C(\C=C(/C)C(C)(C)C)C(C)(C)C. The van der Waals surface area contributed by atoms with Crippen LogP contribution in [-0.2, 0) is 0 Å². The zero-order valence-corrected chi connectivity index (χ0v) is 11.2. The van der Waals surface area contributed by atoms with E-state index in [0.717, 1.165) is 0 Å². The van der Waals surface area contributed by atoms with Crippen molar-refractivity contribution in [2.45, 2.75) is 55.4 Å². The molecule has 0 unspecified atom stereocenters. The predicted octanol–water partition coefficient (Wildman–Crippen LogP) is 4.97. The second kappa shape index (κ2) is 4.33. The summed E-state index contributed by atoms with van der Waals surface area (Å²) in [5, 5.41) is 0. The largest absolute Gasteiger partial charge is 0.0839 e. The van der Waals surface area contributed by atoms with Gasteiger partial charge in [0, 0.05) is 0 Å². The highest BCUT2D eigenvalue weighted by molar-refractivity contribution is 5.29. The van der Waals surface area contributed by atoms with Crippen LogP contribution in [0.3, 0.4) is 0 Å².